The van der Waals surface area contributed by atoms with Gasteiger partial charge < -0.3 is 15.5 Å². The second-order valence-electron chi connectivity index (χ2n) is 3.92. The molecule has 0 bridgehead atoms. The Morgan fingerprint density at radius 3 is 2.94 bits per heavy atom. The van der Waals surface area contributed by atoms with Crippen LogP contribution in [0.15, 0.2) is 28.8 Å². The summed E-state index contributed by atoms with van der Waals surface area (Å²) in [5.74, 6) is 0.670. The van der Waals surface area contributed by atoms with E-state index in [0.717, 1.165) is 12.1 Å². The van der Waals surface area contributed by atoms with Gasteiger partial charge in [-0.2, -0.15) is 5.10 Å². The number of rotatable bonds is 5. The molecule has 0 fully saturated rings. The first-order valence-electron chi connectivity index (χ1n) is 5.74. The Morgan fingerprint density at radius 2 is 2.33 bits per heavy atom. The molecule has 2 heterocycles. The van der Waals surface area contributed by atoms with Crippen LogP contribution in [0.25, 0.3) is 0 Å². The van der Waals surface area contributed by atoms with Crippen molar-refractivity contribution in [2.45, 2.75) is 13.0 Å². The Hall–Kier alpha value is -2.08. The number of furan rings is 1. The van der Waals surface area contributed by atoms with Crippen molar-refractivity contribution < 1.29 is 9.21 Å². The summed E-state index contributed by atoms with van der Waals surface area (Å²) in [6.45, 7) is 0.833. The SMILES string of the molecule is Cn1nccc1CCNC(=O)c1ccc(CN)o1. The van der Waals surface area contributed by atoms with Gasteiger partial charge in [-0.1, -0.05) is 0 Å². The number of hydrogen-bond acceptors (Lipinski definition) is 4. The molecule has 0 aliphatic carbocycles. The molecule has 0 aliphatic heterocycles. The second kappa shape index (κ2) is 5.50. The molecule has 18 heavy (non-hydrogen) atoms. The maximum Gasteiger partial charge on any atom is 0.287 e. The topological polar surface area (TPSA) is 86.1 Å². The van der Waals surface area contributed by atoms with Crippen LogP contribution in [0.3, 0.4) is 0 Å². The van der Waals surface area contributed by atoms with Gasteiger partial charge in [-0.15, -0.1) is 0 Å². The number of aryl methyl sites for hydroxylation is 1. The molecule has 2 aromatic heterocycles. The molecule has 3 N–H and O–H groups in total. The van der Waals surface area contributed by atoms with Crippen LogP contribution >= 0.6 is 0 Å². The number of nitrogens with zero attached hydrogens (tertiary/aromatic N) is 2. The predicted molar refractivity (Wildman–Crippen MR) is 65.8 cm³/mol. The molecular formula is C12H16N4O2. The third kappa shape index (κ3) is 2.78. The molecule has 96 valence electrons. The van der Waals surface area contributed by atoms with Crippen LogP contribution in [0, 0.1) is 0 Å². The van der Waals surface area contributed by atoms with Gasteiger partial charge in [0, 0.05) is 31.9 Å². The minimum Gasteiger partial charge on any atom is -0.455 e. The Balaban J connectivity index is 1.83. The summed E-state index contributed by atoms with van der Waals surface area (Å²) in [6.07, 6.45) is 2.46. The quantitative estimate of drug-likeness (QED) is 0.804. The highest BCUT2D eigenvalue weighted by Gasteiger charge is 2.10. The molecule has 0 atom stereocenters. The minimum atomic E-state index is -0.225. The zero-order chi connectivity index (χ0) is 13.0. The first-order chi connectivity index (χ1) is 8.70. The highest BCUT2D eigenvalue weighted by atomic mass is 16.4. The number of carbonyl (C=O) groups excluding carboxylic acids is 1. The lowest BCUT2D eigenvalue weighted by Gasteiger charge is -2.03. The van der Waals surface area contributed by atoms with E-state index in [1.165, 1.54) is 0 Å². The van der Waals surface area contributed by atoms with Crippen molar-refractivity contribution in [2.24, 2.45) is 12.8 Å². The van der Waals surface area contributed by atoms with Crippen LogP contribution in [-0.4, -0.2) is 22.2 Å². The van der Waals surface area contributed by atoms with Crippen molar-refractivity contribution in [1.29, 1.82) is 0 Å². The maximum absolute atomic E-state index is 11.7. The average molecular weight is 248 g/mol. The van der Waals surface area contributed by atoms with Gasteiger partial charge in [0.15, 0.2) is 5.76 Å². The number of nitrogens with one attached hydrogen (secondary N) is 1. The van der Waals surface area contributed by atoms with Crippen LogP contribution in [0.4, 0.5) is 0 Å². The fraction of sp³-hybridized carbons (Fsp3) is 0.333. The Morgan fingerprint density at radius 1 is 1.50 bits per heavy atom. The van der Waals surface area contributed by atoms with E-state index in [9.17, 15) is 4.79 Å². The summed E-state index contributed by atoms with van der Waals surface area (Å²) in [5.41, 5.74) is 6.48. The van der Waals surface area contributed by atoms with Crippen molar-refractivity contribution in [3.63, 3.8) is 0 Å². The first kappa shape index (κ1) is 12.4. The van der Waals surface area contributed by atoms with Crippen LogP contribution < -0.4 is 11.1 Å². The van der Waals surface area contributed by atoms with E-state index in [4.69, 9.17) is 10.2 Å². The van der Waals surface area contributed by atoms with Gasteiger partial charge in [0.25, 0.3) is 5.91 Å². The molecule has 2 rings (SSSR count). The zero-order valence-corrected chi connectivity index (χ0v) is 10.2. The summed E-state index contributed by atoms with van der Waals surface area (Å²) in [6, 6.07) is 5.25. The summed E-state index contributed by atoms with van der Waals surface area (Å²) in [4.78, 5) is 11.7. The summed E-state index contributed by atoms with van der Waals surface area (Å²) in [7, 11) is 1.87. The fourth-order valence-corrected chi connectivity index (χ4v) is 1.65. The van der Waals surface area contributed by atoms with Gasteiger partial charge in [0.1, 0.15) is 5.76 Å². The van der Waals surface area contributed by atoms with Gasteiger partial charge in [0.2, 0.25) is 0 Å². The van der Waals surface area contributed by atoms with Gasteiger partial charge in [-0.25, -0.2) is 0 Å². The number of carbonyl (C=O) groups is 1. The van der Waals surface area contributed by atoms with E-state index in [-0.39, 0.29) is 5.91 Å². The lowest BCUT2D eigenvalue weighted by molar-refractivity contribution is 0.0924. The van der Waals surface area contributed by atoms with Gasteiger partial charge in [-0.3, -0.25) is 9.48 Å². The van der Waals surface area contributed by atoms with E-state index in [2.05, 4.69) is 10.4 Å². The van der Waals surface area contributed by atoms with Crippen molar-refractivity contribution in [3.8, 4) is 0 Å². The molecule has 0 aliphatic rings. The molecule has 0 unspecified atom stereocenters. The van der Waals surface area contributed by atoms with Crippen LogP contribution in [0.1, 0.15) is 22.0 Å². The lowest BCUT2D eigenvalue weighted by atomic mass is 10.3. The molecule has 0 saturated heterocycles. The number of hydrogen-bond donors (Lipinski definition) is 2. The highest BCUT2D eigenvalue weighted by molar-refractivity contribution is 5.91. The number of aromatic nitrogens is 2. The summed E-state index contributed by atoms with van der Waals surface area (Å²) < 4.78 is 7.03. The minimum absolute atomic E-state index is 0.225. The summed E-state index contributed by atoms with van der Waals surface area (Å²) in [5, 5.41) is 6.85. The highest BCUT2D eigenvalue weighted by Crippen LogP contribution is 2.06. The van der Waals surface area contributed by atoms with Crippen molar-refractivity contribution >= 4 is 5.91 Å². The molecule has 0 saturated carbocycles. The van der Waals surface area contributed by atoms with E-state index < -0.39 is 0 Å². The van der Waals surface area contributed by atoms with E-state index >= 15 is 0 Å². The normalized spacial score (nSPS) is 10.6. The smallest absolute Gasteiger partial charge is 0.287 e. The Labute approximate surface area is 105 Å². The van der Waals surface area contributed by atoms with Gasteiger partial charge in [-0.05, 0) is 18.2 Å². The standard InChI is InChI=1S/C12H16N4O2/c1-16-9(5-7-15-16)4-6-14-12(17)11-3-2-10(8-13)18-11/h2-3,5,7H,4,6,8,13H2,1H3,(H,14,17). The van der Waals surface area contributed by atoms with Crippen LogP contribution in [0.2, 0.25) is 0 Å². The molecule has 0 spiro atoms. The maximum atomic E-state index is 11.7. The van der Waals surface area contributed by atoms with Crippen molar-refractivity contribution in [2.75, 3.05) is 6.54 Å². The van der Waals surface area contributed by atoms with Gasteiger partial charge >= 0.3 is 0 Å². The molecule has 0 radical (unpaired) electrons. The summed E-state index contributed by atoms with van der Waals surface area (Å²) >= 11 is 0. The van der Waals surface area contributed by atoms with E-state index in [1.54, 1.807) is 23.0 Å². The average Bonchev–Trinajstić information content (AvgIpc) is 2.98. The van der Waals surface area contributed by atoms with Crippen LogP contribution in [-0.2, 0) is 20.0 Å². The van der Waals surface area contributed by atoms with Crippen LogP contribution in [0.5, 0.6) is 0 Å². The fourth-order valence-electron chi connectivity index (χ4n) is 1.65. The lowest BCUT2D eigenvalue weighted by Crippen LogP contribution is -2.25. The van der Waals surface area contributed by atoms with E-state index in [1.807, 2.05) is 13.1 Å². The first-order valence-corrected chi connectivity index (χ1v) is 5.74. The molecule has 6 nitrogen and oxygen atoms in total. The molecule has 2 aromatic rings. The number of amides is 1. The molecule has 1 amide bonds. The third-order valence-corrected chi connectivity index (χ3v) is 2.68. The van der Waals surface area contributed by atoms with E-state index in [0.29, 0.717) is 24.6 Å². The predicted octanol–water partition coefficient (Wildman–Crippen LogP) is 0.444. The van der Waals surface area contributed by atoms with Gasteiger partial charge in [0.05, 0.1) is 6.54 Å². The monoisotopic (exact) mass is 248 g/mol. The second-order valence-corrected chi connectivity index (χ2v) is 3.92. The third-order valence-electron chi connectivity index (χ3n) is 2.68. The molecule has 0 aromatic carbocycles. The Bertz CT molecular complexity index is 530. The van der Waals surface area contributed by atoms with Crippen molar-refractivity contribution in [3.05, 3.63) is 41.6 Å². The largest absolute Gasteiger partial charge is 0.455 e. The molecule has 6 heteroatoms. The Kier molecular flexibility index (Phi) is 3.78. The zero-order valence-electron chi connectivity index (χ0n) is 10.2. The van der Waals surface area contributed by atoms with Crippen molar-refractivity contribution in [1.82, 2.24) is 15.1 Å². The molecular weight excluding hydrogens is 232 g/mol. The number of nitrogens with two attached hydrogens (primary N) is 1.